The van der Waals surface area contributed by atoms with Crippen molar-refractivity contribution in [3.63, 3.8) is 0 Å². The van der Waals surface area contributed by atoms with Gasteiger partial charge in [-0.05, 0) is 39.4 Å². The van der Waals surface area contributed by atoms with Gasteiger partial charge in [0.1, 0.15) is 5.75 Å². The monoisotopic (exact) mass is 344 g/mol. The van der Waals surface area contributed by atoms with Crippen LogP contribution in [-0.4, -0.2) is 33.5 Å². The molecule has 0 unspecified atom stereocenters. The van der Waals surface area contributed by atoms with Crippen molar-refractivity contribution in [2.45, 2.75) is 0 Å². The molecule has 1 N–H and O–H groups in total. The van der Waals surface area contributed by atoms with E-state index < -0.39 is 0 Å². The lowest BCUT2D eigenvalue weighted by Gasteiger charge is -2.08. The number of tetrazole rings is 1. The molecule has 0 aliphatic rings. The highest BCUT2D eigenvalue weighted by Crippen LogP contribution is 2.26. The molecule has 0 saturated heterocycles. The maximum Gasteiger partial charge on any atom is 0.268 e. The Morgan fingerprint density at radius 1 is 1.00 bits per heavy atom. The number of rotatable bonds is 5. The van der Waals surface area contributed by atoms with Crippen molar-refractivity contribution in [3.05, 3.63) is 72.3 Å². The molecule has 0 amide bonds. The van der Waals surface area contributed by atoms with E-state index in [4.69, 9.17) is 4.74 Å². The number of fused-ring (bicyclic) bond motifs is 1. The average Bonchev–Trinajstić information content (AvgIpc) is 3.17. The van der Waals surface area contributed by atoms with Crippen molar-refractivity contribution >= 4 is 22.9 Å². The van der Waals surface area contributed by atoms with Gasteiger partial charge in [0, 0.05) is 5.56 Å². The highest BCUT2D eigenvalue weighted by atomic mass is 16.5. The number of aromatic nitrogens is 4. The maximum atomic E-state index is 5.47. The number of anilines is 1. The van der Waals surface area contributed by atoms with Crippen LogP contribution in [0.4, 0.5) is 5.95 Å². The number of benzene rings is 3. The van der Waals surface area contributed by atoms with Crippen molar-refractivity contribution in [1.82, 2.24) is 20.2 Å². The van der Waals surface area contributed by atoms with E-state index >= 15 is 0 Å². The number of hydrogen-bond donors (Lipinski definition) is 1. The SMILES string of the molecule is COc1ccc2ccccc2c1/C=N\Nc1nnnn1-c1ccccc1. The molecule has 26 heavy (non-hydrogen) atoms. The molecule has 128 valence electrons. The van der Waals surface area contributed by atoms with Gasteiger partial charge in [-0.2, -0.15) is 9.78 Å². The first-order chi connectivity index (χ1) is 12.9. The Morgan fingerprint density at radius 2 is 1.81 bits per heavy atom. The van der Waals surface area contributed by atoms with E-state index in [0.717, 1.165) is 27.8 Å². The highest BCUT2D eigenvalue weighted by Gasteiger charge is 2.08. The van der Waals surface area contributed by atoms with E-state index in [2.05, 4.69) is 32.1 Å². The molecule has 4 rings (SSSR count). The summed E-state index contributed by atoms with van der Waals surface area (Å²) in [4.78, 5) is 0. The number of para-hydroxylation sites is 1. The zero-order chi connectivity index (χ0) is 17.8. The molecule has 3 aromatic carbocycles. The maximum absolute atomic E-state index is 5.47. The Kier molecular flexibility index (Phi) is 4.26. The molecule has 0 spiro atoms. The number of ether oxygens (including phenoxy) is 1. The van der Waals surface area contributed by atoms with Crippen LogP contribution in [-0.2, 0) is 0 Å². The zero-order valence-corrected chi connectivity index (χ0v) is 14.1. The molecule has 0 fully saturated rings. The third kappa shape index (κ3) is 2.98. The van der Waals surface area contributed by atoms with Crippen molar-refractivity contribution in [3.8, 4) is 11.4 Å². The van der Waals surface area contributed by atoms with Crippen LogP contribution in [0.5, 0.6) is 5.75 Å². The predicted molar refractivity (Wildman–Crippen MR) is 101 cm³/mol. The summed E-state index contributed by atoms with van der Waals surface area (Å²) in [5, 5.41) is 18.2. The van der Waals surface area contributed by atoms with Crippen LogP contribution in [0.1, 0.15) is 5.56 Å². The first-order valence-corrected chi connectivity index (χ1v) is 8.05. The standard InChI is InChI=1S/C19H16N6O/c1-26-18-12-11-14-7-5-6-10-16(14)17(18)13-20-21-19-22-23-24-25(19)15-8-3-2-4-9-15/h2-13H,1H3,(H,21,22,24)/b20-13-. The van der Waals surface area contributed by atoms with Gasteiger partial charge in [-0.25, -0.2) is 5.43 Å². The van der Waals surface area contributed by atoms with Crippen LogP contribution < -0.4 is 10.2 Å². The molecular formula is C19H16N6O. The van der Waals surface area contributed by atoms with Crippen LogP contribution in [0.2, 0.25) is 0 Å². The minimum Gasteiger partial charge on any atom is -0.496 e. The van der Waals surface area contributed by atoms with Gasteiger partial charge in [-0.15, -0.1) is 0 Å². The van der Waals surface area contributed by atoms with Gasteiger partial charge < -0.3 is 4.74 Å². The van der Waals surface area contributed by atoms with Crippen LogP contribution in [0.3, 0.4) is 0 Å². The van der Waals surface area contributed by atoms with Crippen LogP contribution in [0.25, 0.3) is 16.5 Å². The summed E-state index contributed by atoms with van der Waals surface area (Å²) < 4.78 is 7.05. The van der Waals surface area contributed by atoms with Gasteiger partial charge in [-0.1, -0.05) is 53.6 Å². The Hall–Kier alpha value is -3.74. The van der Waals surface area contributed by atoms with E-state index in [9.17, 15) is 0 Å². The molecule has 4 aromatic rings. The number of hydrazone groups is 1. The van der Waals surface area contributed by atoms with Gasteiger partial charge in [-0.3, -0.25) is 0 Å². The lowest BCUT2D eigenvalue weighted by atomic mass is 10.0. The number of hydrogen-bond acceptors (Lipinski definition) is 6. The largest absolute Gasteiger partial charge is 0.496 e. The summed E-state index contributed by atoms with van der Waals surface area (Å²) >= 11 is 0. The van der Waals surface area contributed by atoms with Gasteiger partial charge in [0.15, 0.2) is 0 Å². The van der Waals surface area contributed by atoms with Gasteiger partial charge in [0.25, 0.3) is 5.95 Å². The average molecular weight is 344 g/mol. The van der Waals surface area contributed by atoms with E-state index in [1.807, 2.05) is 60.7 Å². The number of methoxy groups -OCH3 is 1. The number of nitrogens with zero attached hydrogens (tertiary/aromatic N) is 5. The summed E-state index contributed by atoms with van der Waals surface area (Å²) in [7, 11) is 1.64. The van der Waals surface area contributed by atoms with Crippen molar-refractivity contribution in [1.29, 1.82) is 0 Å². The number of nitrogens with one attached hydrogen (secondary N) is 1. The van der Waals surface area contributed by atoms with Crippen molar-refractivity contribution < 1.29 is 4.74 Å². The first-order valence-electron chi connectivity index (χ1n) is 8.05. The normalized spacial score (nSPS) is 11.1. The van der Waals surface area contributed by atoms with E-state index in [-0.39, 0.29) is 0 Å². The van der Waals surface area contributed by atoms with Gasteiger partial charge >= 0.3 is 0 Å². The molecule has 1 aromatic heterocycles. The molecule has 1 heterocycles. The zero-order valence-electron chi connectivity index (χ0n) is 14.1. The van der Waals surface area contributed by atoms with Crippen molar-refractivity contribution in [2.75, 3.05) is 12.5 Å². The van der Waals surface area contributed by atoms with Crippen LogP contribution in [0.15, 0.2) is 71.8 Å². The van der Waals surface area contributed by atoms with Gasteiger partial charge in [0.2, 0.25) is 0 Å². The lowest BCUT2D eigenvalue weighted by molar-refractivity contribution is 0.415. The van der Waals surface area contributed by atoms with Crippen LogP contribution in [0, 0.1) is 0 Å². The lowest BCUT2D eigenvalue weighted by Crippen LogP contribution is -2.03. The third-order valence-corrected chi connectivity index (χ3v) is 3.98. The Bertz CT molecular complexity index is 1060. The first kappa shape index (κ1) is 15.8. The molecule has 7 heteroatoms. The molecule has 7 nitrogen and oxygen atoms in total. The summed E-state index contributed by atoms with van der Waals surface area (Å²) in [5.74, 6) is 1.17. The molecule has 0 aliphatic heterocycles. The van der Waals surface area contributed by atoms with E-state index in [0.29, 0.717) is 5.95 Å². The summed E-state index contributed by atoms with van der Waals surface area (Å²) in [6.07, 6.45) is 1.71. The Balaban J connectivity index is 1.65. The summed E-state index contributed by atoms with van der Waals surface area (Å²) in [6.45, 7) is 0. The fourth-order valence-corrected chi connectivity index (χ4v) is 2.74. The second-order valence-electron chi connectivity index (χ2n) is 5.52. The second-order valence-corrected chi connectivity index (χ2v) is 5.52. The van der Waals surface area contributed by atoms with E-state index in [1.54, 1.807) is 18.0 Å². The summed E-state index contributed by atoms with van der Waals surface area (Å²) in [6, 6.07) is 21.6. The van der Waals surface area contributed by atoms with Crippen LogP contribution >= 0.6 is 0 Å². The van der Waals surface area contributed by atoms with Crippen molar-refractivity contribution in [2.24, 2.45) is 5.10 Å². The molecule has 0 aliphatic carbocycles. The Morgan fingerprint density at radius 3 is 2.65 bits per heavy atom. The Labute approximate surface area is 149 Å². The fourth-order valence-electron chi connectivity index (χ4n) is 2.74. The quantitative estimate of drug-likeness (QED) is 0.444. The minimum atomic E-state index is 0.423. The minimum absolute atomic E-state index is 0.423. The second kappa shape index (κ2) is 7.02. The fraction of sp³-hybridized carbons (Fsp3) is 0.0526. The molecule has 0 saturated carbocycles. The topological polar surface area (TPSA) is 77.2 Å². The molecule has 0 atom stereocenters. The summed E-state index contributed by atoms with van der Waals surface area (Å²) in [5.41, 5.74) is 4.63. The molecular weight excluding hydrogens is 328 g/mol. The molecule has 0 bridgehead atoms. The molecule has 0 radical (unpaired) electrons. The smallest absolute Gasteiger partial charge is 0.268 e. The predicted octanol–water partition coefficient (Wildman–Crippen LogP) is 3.27. The van der Waals surface area contributed by atoms with E-state index in [1.165, 1.54) is 0 Å². The highest BCUT2D eigenvalue weighted by molar-refractivity contribution is 6.02. The third-order valence-electron chi connectivity index (χ3n) is 3.98. The van der Waals surface area contributed by atoms with Gasteiger partial charge in [0.05, 0.1) is 19.0 Å².